The number of carbonyl (C=O) groups excluding carboxylic acids is 1. The molecule has 0 bridgehead atoms. The van der Waals surface area contributed by atoms with Crippen molar-refractivity contribution in [3.05, 3.63) is 45.9 Å². The summed E-state index contributed by atoms with van der Waals surface area (Å²) in [4.78, 5) is 66.2. The Morgan fingerprint density at radius 2 is 1.84 bits per heavy atom. The summed E-state index contributed by atoms with van der Waals surface area (Å²) < 4.78 is 55.6. The molecule has 4 N–H and O–H groups in total. The fourth-order valence-electron chi connectivity index (χ4n) is 4.76. The van der Waals surface area contributed by atoms with Crippen LogP contribution in [0.3, 0.4) is 0 Å². The average molecular weight is 692 g/mol. The molecule has 2 saturated heterocycles. The number of aromatic nitrogens is 8. The van der Waals surface area contributed by atoms with E-state index in [1.165, 1.54) is 23.3 Å². The van der Waals surface area contributed by atoms with E-state index in [9.17, 15) is 28.4 Å². The molecule has 0 aromatic carbocycles. The van der Waals surface area contributed by atoms with Crippen LogP contribution in [0.1, 0.15) is 25.3 Å². The number of anilines is 1. The number of rotatable bonds is 10. The van der Waals surface area contributed by atoms with Gasteiger partial charge >= 0.3 is 19.3 Å². The van der Waals surface area contributed by atoms with Crippen LogP contribution in [-0.4, -0.2) is 80.7 Å². The summed E-state index contributed by atoms with van der Waals surface area (Å²) in [5.74, 6) is -0.912. The Morgan fingerprint density at radius 1 is 1.07 bits per heavy atom. The summed E-state index contributed by atoms with van der Waals surface area (Å²) in [5, 5.41) is 0. The Morgan fingerprint density at radius 3 is 2.61 bits per heavy atom. The number of nitrogens with zero attached hydrogens (tertiary/aromatic N) is 7. The minimum Gasteiger partial charge on any atom is -0.369 e. The molecule has 4 aromatic rings. The maximum atomic E-state index is 13.4. The van der Waals surface area contributed by atoms with E-state index in [0.29, 0.717) is 12.8 Å². The van der Waals surface area contributed by atoms with Gasteiger partial charge in [0.1, 0.15) is 18.7 Å². The van der Waals surface area contributed by atoms with Crippen molar-refractivity contribution in [2.75, 3.05) is 18.9 Å². The highest BCUT2D eigenvalue weighted by atomic mass is 32.7. The van der Waals surface area contributed by atoms with Crippen molar-refractivity contribution in [1.82, 2.24) is 38.5 Å². The van der Waals surface area contributed by atoms with Crippen LogP contribution in [0.15, 0.2) is 34.6 Å². The van der Waals surface area contributed by atoms with E-state index < -0.39 is 68.0 Å². The molecule has 24 heteroatoms. The third-order valence-corrected chi connectivity index (χ3v) is 9.12. The Balaban J connectivity index is 1.14. The molecule has 2 unspecified atom stereocenters. The molecule has 6 rings (SSSR count). The number of hydrogen-bond donors (Lipinski definition) is 5. The Bertz CT molecular complexity index is 1960. The van der Waals surface area contributed by atoms with Gasteiger partial charge in [-0.05, 0) is 12.8 Å². The van der Waals surface area contributed by atoms with Crippen LogP contribution >= 0.6 is 38.1 Å². The standard InChI is InChI=1S/C20H23N9O11P2S2/c21-18-25-15-12(16(31)26-18)23-7-28(15)11-2-1-9(38-11)5-37-42(35,44)40-14-10(6-36-41(33,34)43)39-17(13(14)30)29-8-24-19-22-3-4-27(19)20(29)32/h3-4,7-11,14,17H,1-2,5-6H2,(H,35,44)(H2,33,34,43)(H3,21,25,26,31)/t9-,10+,11+,14+,17+,42?/m0/s1. The summed E-state index contributed by atoms with van der Waals surface area (Å²) >= 11 is 7.43. The van der Waals surface area contributed by atoms with Gasteiger partial charge in [-0.25, -0.2) is 37.8 Å². The Labute approximate surface area is 255 Å². The van der Waals surface area contributed by atoms with Gasteiger partial charge in [0.25, 0.3) is 5.56 Å². The second-order valence-corrected chi connectivity index (χ2v) is 15.2. The summed E-state index contributed by atoms with van der Waals surface area (Å²) in [6, 6.07) is 0. The van der Waals surface area contributed by atoms with Crippen LogP contribution in [0.2, 0.25) is 0 Å². The number of nitrogens with one attached hydrogen (secondary N) is 1. The number of fused-ring (bicyclic) bond motifs is 2. The van der Waals surface area contributed by atoms with Gasteiger partial charge < -0.3 is 20.1 Å². The maximum absolute atomic E-state index is 13.4. The number of ketones is 1. The van der Waals surface area contributed by atoms with E-state index in [1.807, 2.05) is 0 Å². The molecule has 2 aliphatic heterocycles. The van der Waals surface area contributed by atoms with E-state index in [-0.39, 0.29) is 29.5 Å². The third kappa shape index (κ3) is 6.27. The van der Waals surface area contributed by atoms with Crippen molar-refractivity contribution in [3.8, 4) is 0 Å². The molecule has 7 atom stereocenters. The highest BCUT2D eigenvalue weighted by molar-refractivity contribution is 8.44. The lowest BCUT2D eigenvalue weighted by molar-refractivity contribution is -0.130. The topological polar surface area (TPSA) is 259 Å². The predicted molar refractivity (Wildman–Crippen MR) is 154 cm³/mol. The van der Waals surface area contributed by atoms with Crippen molar-refractivity contribution in [3.63, 3.8) is 0 Å². The quantitative estimate of drug-likeness (QED) is 0.110. The van der Waals surface area contributed by atoms with Crippen LogP contribution in [0.5, 0.6) is 0 Å². The molecule has 4 aromatic heterocycles. The molecule has 2 aliphatic rings. The number of aromatic amines is 1. The number of Topliss-reactive ketones (excluding diaryl/α,β-unsaturated/α-hetero) is 1. The lowest BCUT2D eigenvalue weighted by Gasteiger charge is -2.22. The number of nitrogens with two attached hydrogens (primary N) is 1. The number of carbonyl (C=O) groups is 1. The molecule has 236 valence electrons. The molecular weight excluding hydrogens is 668 g/mol. The first-order valence-corrected chi connectivity index (χ1v) is 18.1. The van der Waals surface area contributed by atoms with Gasteiger partial charge in [0, 0.05) is 12.4 Å². The number of nitrogen functional groups attached to an aromatic ring is 1. The van der Waals surface area contributed by atoms with Crippen molar-refractivity contribution < 1.29 is 41.9 Å². The van der Waals surface area contributed by atoms with Crippen molar-refractivity contribution in [2.45, 2.75) is 43.6 Å². The van der Waals surface area contributed by atoms with Crippen LogP contribution in [-0.2, 0) is 37.0 Å². The molecule has 0 saturated carbocycles. The normalized spacial score (nSPS) is 26.8. The van der Waals surface area contributed by atoms with Crippen molar-refractivity contribution in [1.29, 1.82) is 0 Å². The zero-order chi connectivity index (χ0) is 31.4. The monoisotopic (exact) mass is 691 g/mol. The molecule has 0 amide bonds. The number of H-pyrrole nitrogens is 1. The number of ether oxygens (including phenoxy) is 2. The molecule has 0 aliphatic carbocycles. The minimum atomic E-state index is -4.33. The van der Waals surface area contributed by atoms with E-state index in [0.717, 1.165) is 15.3 Å². The first-order chi connectivity index (χ1) is 20.8. The average Bonchev–Trinajstić information content (AvgIpc) is 3.74. The van der Waals surface area contributed by atoms with Crippen molar-refractivity contribution >= 4 is 66.8 Å². The van der Waals surface area contributed by atoms with Gasteiger partial charge in [0.2, 0.25) is 23.7 Å². The van der Waals surface area contributed by atoms with Crippen LogP contribution < -0.4 is 17.0 Å². The SMILES string of the molecule is Nc1nc2c(ncn2[C@H]2CC[C@@H](COP(=O)(S)O[C@H]3C(=O)[C@H](n4cnc5nccn5c4=O)O[C@@H]3COP(=O)(O)S)O2)c(=O)[nH]1. The number of imidazole rings is 2. The van der Waals surface area contributed by atoms with E-state index in [4.69, 9.17) is 28.8 Å². The molecule has 20 nitrogen and oxygen atoms in total. The number of hydrogen-bond acceptors (Lipinski definition) is 15. The van der Waals surface area contributed by atoms with Crippen LogP contribution in [0.25, 0.3) is 16.9 Å². The zero-order valence-electron chi connectivity index (χ0n) is 22.1. The lowest BCUT2D eigenvalue weighted by atomic mass is 10.2. The van der Waals surface area contributed by atoms with E-state index in [2.05, 4.69) is 49.4 Å². The molecular formula is C20H23N9O11P2S2. The smallest absolute Gasteiger partial charge is 0.369 e. The van der Waals surface area contributed by atoms with Gasteiger partial charge in [0.15, 0.2) is 17.3 Å². The molecule has 0 radical (unpaired) electrons. The summed E-state index contributed by atoms with van der Waals surface area (Å²) in [5.41, 5.74) is 4.71. The number of thiol groups is 2. The zero-order valence-corrected chi connectivity index (χ0v) is 25.6. The molecule has 0 spiro atoms. The van der Waals surface area contributed by atoms with Gasteiger partial charge in [-0.15, -0.1) is 0 Å². The lowest BCUT2D eigenvalue weighted by Crippen LogP contribution is -2.35. The van der Waals surface area contributed by atoms with Gasteiger partial charge in [-0.1, -0.05) is 24.5 Å². The summed E-state index contributed by atoms with van der Waals surface area (Å²) in [6.45, 7) is -9.65. The molecule has 2 fully saturated rings. The van der Waals surface area contributed by atoms with Gasteiger partial charge in [0.05, 0.1) is 25.6 Å². The summed E-state index contributed by atoms with van der Waals surface area (Å²) in [7, 11) is 0. The van der Waals surface area contributed by atoms with Crippen molar-refractivity contribution in [2.24, 2.45) is 0 Å². The Hall–Kier alpha value is -2.91. The fraction of sp³-hybridized carbons (Fsp3) is 0.450. The fourth-order valence-corrected chi connectivity index (χ4v) is 6.74. The van der Waals surface area contributed by atoms with E-state index in [1.54, 1.807) is 0 Å². The van der Waals surface area contributed by atoms with E-state index >= 15 is 0 Å². The van der Waals surface area contributed by atoms with Gasteiger partial charge in [-0.3, -0.25) is 32.7 Å². The Kier molecular flexibility index (Phi) is 8.33. The second kappa shape index (κ2) is 11.8. The second-order valence-electron chi connectivity index (χ2n) is 9.60. The van der Waals surface area contributed by atoms with Crippen LogP contribution in [0, 0.1) is 0 Å². The first kappa shape index (κ1) is 31.1. The van der Waals surface area contributed by atoms with Gasteiger partial charge in [-0.2, -0.15) is 4.98 Å². The minimum absolute atomic E-state index is 0.0700. The highest BCUT2D eigenvalue weighted by Crippen LogP contribution is 2.56. The molecule has 6 heterocycles. The molecule has 44 heavy (non-hydrogen) atoms. The first-order valence-electron chi connectivity index (χ1n) is 12.6. The summed E-state index contributed by atoms with van der Waals surface area (Å²) in [6.07, 6.45) is -0.0277. The maximum Gasteiger partial charge on any atom is 0.386 e. The largest absolute Gasteiger partial charge is 0.386 e. The predicted octanol–water partition coefficient (Wildman–Crippen LogP) is 0.237. The highest BCUT2D eigenvalue weighted by Gasteiger charge is 2.49. The van der Waals surface area contributed by atoms with Crippen LogP contribution in [0.4, 0.5) is 5.95 Å². The third-order valence-electron chi connectivity index (χ3n) is 6.69.